The molecule has 2 aromatic rings. The number of amides is 1. The smallest absolute Gasteiger partial charge is 0.226 e. The second-order valence-corrected chi connectivity index (χ2v) is 7.94. The fourth-order valence-corrected chi connectivity index (χ4v) is 4.65. The summed E-state index contributed by atoms with van der Waals surface area (Å²) in [7, 11) is 0. The van der Waals surface area contributed by atoms with Crippen LogP contribution in [-0.4, -0.2) is 35.3 Å². The van der Waals surface area contributed by atoms with Gasteiger partial charge >= 0.3 is 0 Å². The highest BCUT2D eigenvalue weighted by Gasteiger charge is 2.30. The number of hydrogen-bond donors (Lipinski definition) is 0. The lowest BCUT2D eigenvalue weighted by molar-refractivity contribution is -0.138. The lowest BCUT2D eigenvalue weighted by Gasteiger charge is -2.36. The second-order valence-electron chi connectivity index (χ2n) is 6.91. The van der Waals surface area contributed by atoms with Crippen molar-refractivity contribution in [3.05, 3.63) is 57.8 Å². The Morgan fingerprint density at radius 1 is 1.04 bits per heavy atom. The van der Waals surface area contributed by atoms with Crippen LogP contribution < -0.4 is 0 Å². The summed E-state index contributed by atoms with van der Waals surface area (Å²) in [6.45, 7) is 4.79. The molecule has 1 saturated heterocycles. The largest absolute Gasteiger partial charge is 0.338 e. The van der Waals surface area contributed by atoms with Gasteiger partial charge in [-0.2, -0.15) is 0 Å². The number of thiophene rings is 1. The zero-order valence-electron chi connectivity index (χ0n) is 14.0. The van der Waals surface area contributed by atoms with Crippen LogP contribution in [0, 0.1) is 5.92 Å². The molecule has 0 radical (unpaired) electrons. The maximum atomic E-state index is 12.9. The van der Waals surface area contributed by atoms with Crippen molar-refractivity contribution in [1.29, 1.82) is 0 Å². The van der Waals surface area contributed by atoms with Gasteiger partial charge in [-0.15, -0.1) is 11.3 Å². The minimum absolute atomic E-state index is 0.217. The van der Waals surface area contributed by atoms with Gasteiger partial charge in [-0.1, -0.05) is 30.3 Å². The fraction of sp³-hybridized carbons (Fsp3) is 0.450. The minimum Gasteiger partial charge on any atom is -0.338 e. The van der Waals surface area contributed by atoms with Gasteiger partial charge in [0.1, 0.15) is 0 Å². The van der Waals surface area contributed by atoms with E-state index in [1.807, 2.05) is 11.3 Å². The maximum absolute atomic E-state index is 12.9. The third kappa shape index (κ3) is 3.40. The standard InChI is InChI=1S/C20H24N2OS/c23-20(22-12-9-16-4-1-2-5-18(16)14-22)17-7-10-21(11-8-17)15-19-6-3-13-24-19/h1-6,13,17H,7-12,14-15H2. The average Bonchev–Trinajstić information content (AvgIpc) is 3.14. The second kappa shape index (κ2) is 7.08. The Balaban J connectivity index is 1.32. The molecule has 0 aliphatic carbocycles. The van der Waals surface area contributed by atoms with Crippen LogP contribution >= 0.6 is 11.3 Å². The number of hydrogen-bond acceptors (Lipinski definition) is 3. The van der Waals surface area contributed by atoms with Crippen LogP contribution in [0.3, 0.4) is 0 Å². The first-order valence-corrected chi connectivity index (χ1v) is 9.78. The van der Waals surface area contributed by atoms with Crippen molar-refractivity contribution in [3.8, 4) is 0 Å². The molecule has 1 aromatic heterocycles. The Labute approximate surface area is 147 Å². The van der Waals surface area contributed by atoms with Gasteiger partial charge < -0.3 is 4.90 Å². The van der Waals surface area contributed by atoms with E-state index in [1.165, 1.54) is 16.0 Å². The van der Waals surface area contributed by atoms with Crippen LogP contribution in [0.25, 0.3) is 0 Å². The van der Waals surface area contributed by atoms with E-state index in [4.69, 9.17) is 0 Å². The van der Waals surface area contributed by atoms with Gasteiger partial charge in [0.05, 0.1) is 0 Å². The Hall–Kier alpha value is -1.65. The van der Waals surface area contributed by atoms with Crippen LogP contribution in [0.1, 0.15) is 28.8 Å². The molecule has 0 N–H and O–H groups in total. The summed E-state index contributed by atoms with van der Waals surface area (Å²) >= 11 is 1.82. The van der Waals surface area contributed by atoms with Crippen LogP contribution in [0.15, 0.2) is 41.8 Å². The van der Waals surface area contributed by atoms with E-state index < -0.39 is 0 Å². The van der Waals surface area contributed by atoms with Crippen LogP contribution in [0.2, 0.25) is 0 Å². The Morgan fingerprint density at radius 2 is 1.83 bits per heavy atom. The molecule has 24 heavy (non-hydrogen) atoms. The van der Waals surface area contributed by atoms with Crippen molar-refractivity contribution >= 4 is 17.2 Å². The van der Waals surface area contributed by atoms with Gasteiger partial charge in [-0.3, -0.25) is 9.69 Å². The number of nitrogens with zero attached hydrogens (tertiary/aromatic N) is 2. The molecule has 3 nitrogen and oxygen atoms in total. The minimum atomic E-state index is 0.217. The number of rotatable bonds is 3. The molecule has 126 valence electrons. The first-order valence-electron chi connectivity index (χ1n) is 8.90. The van der Waals surface area contributed by atoms with E-state index >= 15 is 0 Å². The Morgan fingerprint density at radius 3 is 2.58 bits per heavy atom. The zero-order valence-corrected chi connectivity index (χ0v) is 14.8. The van der Waals surface area contributed by atoms with E-state index in [-0.39, 0.29) is 5.92 Å². The van der Waals surface area contributed by atoms with Gasteiger partial charge in [0.2, 0.25) is 5.91 Å². The molecule has 2 aliphatic heterocycles. The lowest BCUT2D eigenvalue weighted by Crippen LogP contribution is -2.44. The van der Waals surface area contributed by atoms with E-state index in [9.17, 15) is 4.79 Å². The van der Waals surface area contributed by atoms with Crippen molar-refractivity contribution < 1.29 is 4.79 Å². The quantitative estimate of drug-likeness (QED) is 0.853. The highest BCUT2D eigenvalue weighted by molar-refractivity contribution is 7.09. The number of carbonyl (C=O) groups is 1. The molecule has 0 bridgehead atoms. The molecular formula is C20H24N2OS. The van der Waals surface area contributed by atoms with Crippen molar-refractivity contribution in [1.82, 2.24) is 9.80 Å². The summed E-state index contributed by atoms with van der Waals surface area (Å²) in [4.78, 5) is 18.9. The molecule has 1 amide bonds. The van der Waals surface area contributed by atoms with Crippen LogP contribution in [-0.2, 0) is 24.3 Å². The van der Waals surface area contributed by atoms with Crippen molar-refractivity contribution in [2.45, 2.75) is 32.4 Å². The summed E-state index contributed by atoms with van der Waals surface area (Å²) in [5.74, 6) is 0.593. The van der Waals surface area contributed by atoms with Crippen molar-refractivity contribution in [2.75, 3.05) is 19.6 Å². The summed E-state index contributed by atoms with van der Waals surface area (Å²) in [6, 6.07) is 12.9. The number of benzene rings is 1. The van der Waals surface area contributed by atoms with Gasteiger partial charge in [0.15, 0.2) is 0 Å². The molecule has 1 fully saturated rings. The Bertz CT molecular complexity index is 689. The molecular weight excluding hydrogens is 316 g/mol. The molecule has 0 atom stereocenters. The predicted molar refractivity (Wildman–Crippen MR) is 97.9 cm³/mol. The molecule has 1 aromatic carbocycles. The third-order valence-electron chi connectivity index (χ3n) is 5.34. The monoisotopic (exact) mass is 340 g/mol. The first-order chi connectivity index (χ1) is 11.8. The van der Waals surface area contributed by atoms with E-state index in [1.54, 1.807) is 0 Å². The van der Waals surface area contributed by atoms with Gasteiger partial charge in [-0.05, 0) is 54.9 Å². The summed E-state index contributed by atoms with van der Waals surface area (Å²) < 4.78 is 0. The molecule has 0 unspecified atom stereocenters. The number of likely N-dealkylation sites (tertiary alicyclic amines) is 1. The number of fused-ring (bicyclic) bond motifs is 1. The summed E-state index contributed by atoms with van der Waals surface area (Å²) in [5, 5.41) is 2.14. The van der Waals surface area contributed by atoms with Gasteiger partial charge in [0, 0.05) is 30.4 Å². The topological polar surface area (TPSA) is 23.6 Å². The number of carbonyl (C=O) groups excluding carboxylic acids is 1. The van der Waals surface area contributed by atoms with E-state index in [0.29, 0.717) is 5.91 Å². The Kier molecular flexibility index (Phi) is 4.67. The summed E-state index contributed by atoms with van der Waals surface area (Å²) in [5.41, 5.74) is 2.74. The zero-order chi connectivity index (χ0) is 16.4. The summed E-state index contributed by atoms with van der Waals surface area (Å²) in [6.07, 6.45) is 3.00. The molecule has 4 rings (SSSR count). The third-order valence-corrected chi connectivity index (χ3v) is 6.20. The van der Waals surface area contributed by atoms with Crippen LogP contribution in [0.5, 0.6) is 0 Å². The highest BCUT2D eigenvalue weighted by atomic mass is 32.1. The van der Waals surface area contributed by atoms with Crippen LogP contribution in [0.4, 0.5) is 0 Å². The maximum Gasteiger partial charge on any atom is 0.226 e. The predicted octanol–water partition coefficient (Wildman–Crippen LogP) is 3.55. The van der Waals surface area contributed by atoms with E-state index in [0.717, 1.165) is 52.0 Å². The average molecular weight is 340 g/mol. The highest BCUT2D eigenvalue weighted by Crippen LogP contribution is 2.25. The SMILES string of the molecule is O=C(C1CCN(Cc2cccs2)CC1)N1CCc2ccccc2C1. The first kappa shape index (κ1) is 15.9. The molecule has 0 saturated carbocycles. The molecule has 4 heteroatoms. The van der Waals surface area contributed by atoms with E-state index in [2.05, 4.69) is 51.6 Å². The lowest BCUT2D eigenvalue weighted by atomic mass is 9.93. The van der Waals surface area contributed by atoms with Crippen molar-refractivity contribution in [3.63, 3.8) is 0 Å². The normalized spacial score (nSPS) is 19.2. The van der Waals surface area contributed by atoms with Gasteiger partial charge in [0.25, 0.3) is 0 Å². The molecule has 0 spiro atoms. The number of piperidine rings is 1. The fourth-order valence-electron chi connectivity index (χ4n) is 3.90. The molecule has 3 heterocycles. The molecule has 2 aliphatic rings. The van der Waals surface area contributed by atoms with Gasteiger partial charge in [-0.25, -0.2) is 0 Å². The van der Waals surface area contributed by atoms with Crippen molar-refractivity contribution in [2.24, 2.45) is 5.92 Å².